The molecule has 1 saturated carbocycles. The van der Waals surface area contributed by atoms with E-state index in [4.69, 9.17) is 9.57 Å². The highest BCUT2D eigenvalue weighted by Crippen LogP contribution is 2.45. The zero-order chi connectivity index (χ0) is 31.5. The average Bonchev–Trinajstić information content (AvgIpc) is 3.28. The van der Waals surface area contributed by atoms with Crippen molar-refractivity contribution in [2.75, 3.05) is 26.2 Å². The first kappa shape index (κ1) is 32.2. The lowest BCUT2D eigenvalue weighted by molar-refractivity contribution is -0.144. The molecule has 13 heteroatoms. The van der Waals surface area contributed by atoms with Crippen LogP contribution in [0.3, 0.4) is 0 Å². The Morgan fingerprint density at radius 2 is 1.95 bits per heavy atom. The Labute approximate surface area is 251 Å². The van der Waals surface area contributed by atoms with Gasteiger partial charge in [0.25, 0.3) is 0 Å². The second kappa shape index (κ2) is 13.3. The number of aliphatic carboxylic acids is 1. The van der Waals surface area contributed by atoms with Crippen molar-refractivity contribution in [3.8, 4) is 0 Å². The van der Waals surface area contributed by atoms with Gasteiger partial charge in [-0.05, 0) is 37.8 Å². The molecule has 0 radical (unpaired) electrons. The summed E-state index contributed by atoms with van der Waals surface area (Å²) in [5.41, 5.74) is 2.59. The van der Waals surface area contributed by atoms with Crippen LogP contribution < -0.4 is 10.8 Å². The Kier molecular flexibility index (Phi) is 9.96. The summed E-state index contributed by atoms with van der Waals surface area (Å²) in [6, 6.07) is 3.51. The first-order valence-corrected chi connectivity index (χ1v) is 14.8. The van der Waals surface area contributed by atoms with Crippen molar-refractivity contribution in [2.45, 2.75) is 77.4 Å². The number of carboxylic acid groups (broad SMARTS) is 1. The fourth-order valence-electron chi connectivity index (χ4n) is 5.78. The van der Waals surface area contributed by atoms with E-state index in [0.29, 0.717) is 24.2 Å². The number of benzene rings is 1. The fourth-order valence-corrected chi connectivity index (χ4v) is 5.78. The van der Waals surface area contributed by atoms with Crippen LogP contribution >= 0.6 is 0 Å². The molecule has 43 heavy (non-hydrogen) atoms. The van der Waals surface area contributed by atoms with Crippen molar-refractivity contribution in [3.63, 3.8) is 0 Å². The molecule has 236 valence electrons. The van der Waals surface area contributed by atoms with Crippen LogP contribution in [-0.4, -0.2) is 93.8 Å². The third-order valence-electron chi connectivity index (χ3n) is 8.70. The number of ether oxygens (including phenoxy) is 1. The van der Waals surface area contributed by atoms with Crippen molar-refractivity contribution in [2.24, 2.45) is 11.8 Å². The number of amides is 3. The molecule has 5 atom stereocenters. The van der Waals surface area contributed by atoms with Gasteiger partial charge in [-0.2, -0.15) is 0 Å². The summed E-state index contributed by atoms with van der Waals surface area (Å²) < 4.78 is 20.1. The lowest BCUT2D eigenvalue weighted by Crippen LogP contribution is -2.54. The standard InChI is InChI=1S/C30H42FN5O7/c1-6-20-13-30(20,27(38)39)32-26(37)25-12-21(42-28(40)36-14-19-10-9-11-23(31)22(19)16-36)15-35(25)17-24(18(4)5)33-43-29(41)34(7-2)8-3/h6,9-11,18,20-21,24-25,33H,1,7-8,12-17H2,2-5H3,(H,32,37)(H,38,39)/t20-,21-,24?,25+,30?/m1/s1. The average molecular weight is 604 g/mol. The monoisotopic (exact) mass is 603 g/mol. The minimum Gasteiger partial charge on any atom is -0.479 e. The van der Waals surface area contributed by atoms with Gasteiger partial charge in [-0.3, -0.25) is 14.6 Å². The third kappa shape index (κ3) is 6.93. The number of hydrogen-bond acceptors (Lipinski definition) is 8. The zero-order valence-electron chi connectivity index (χ0n) is 25.2. The van der Waals surface area contributed by atoms with Crippen LogP contribution in [0.2, 0.25) is 0 Å². The minimum atomic E-state index is -1.42. The van der Waals surface area contributed by atoms with Crippen LogP contribution in [0.5, 0.6) is 0 Å². The number of carbonyl (C=O) groups excluding carboxylic acids is 3. The molecule has 3 amide bonds. The SMILES string of the molecule is C=C[C@@H]1CC1(NC(=O)[C@@H]1C[C@@H](OC(=O)N2Cc3cccc(F)c3C2)CN1CC(NOC(=O)N(CC)CC)C(C)C)C(=O)O. The molecule has 0 spiro atoms. The van der Waals surface area contributed by atoms with Crippen molar-refractivity contribution >= 4 is 24.1 Å². The van der Waals surface area contributed by atoms with E-state index in [-0.39, 0.29) is 56.7 Å². The van der Waals surface area contributed by atoms with Crippen molar-refractivity contribution in [1.29, 1.82) is 0 Å². The lowest BCUT2D eigenvalue weighted by Gasteiger charge is -2.31. The molecule has 3 N–H and O–H groups in total. The predicted octanol–water partition coefficient (Wildman–Crippen LogP) is 2.87. The molecule has 0 bridgehead atoms. The highest BCUT2D eigenvalue weighted by molar-refractivity contribution is 5.93. The number of nitrogens with one attached hydrogen (secondary N) is 2. The summed E-state index contributed by atoms with van der Waals surface area (Å²) in [4.78, 5) is 61.3. The van der Waals surface area contributed by atoms with Crippen LogP contribution in [0.1, 0.15) is 51.7 Å². The number of fused-ring (bicyclic) bond motifs is 1. The maximum absolute atomic E-state index is 14.2. The molecule has 3 aliphatic rings. The topological polar surface area (TPSA) is 141 Å². The van der Waals surface area contributed by atoms with Gasteiger partial charge in [0, 0.05) is 50.6 Å². The molecule has 2 unspecified atom stereocenters. The molecule has 2 fully saturated rings. The molecule has 2 aliphatic heterocycles. The van der Waals surface area contributed by atoms with Crippen LogP contribution in [0.4, 0.5) is 14.0 Å². The molecule has 1 aliphatic carbocycles. The van der Waals surface area contributed by atoms with E-state index < -0.39 is 47.8 Å². The Morgan fingerprint density at radius 3 is 2.53 bits per heavy atom. The molecule has 1 aromatic rings. The fraction of sp³-hybridized carbons (Fsp3) is 0.600. The number of carboxylic acids is 1. The van der Waals surface area contributed by atoms with Gasteiger partial charge >= 0.3 is 18.2 Å². The maximum atomic E-state index is 14.2. The first-order chi connectivity index (χ1) is 20.4. The molecular formula is C30H42FN5O7. The van der Waals surface area contributed by atoms with E-state index in [1.54, 1.807) is 12.1 Å². The highest BCUT2D eigenvalue weighted by atomic mass is 19.1. The van der Waals surface area contributed by atoms with E-state index in [0.717, 1.165) is 0 Å². The summed E-state index contributed by atoms with van der Waals surface area (Å²) in [7, 11) is 0. The number of nitrogens with zero attached hydrogens (tertiary/aromatic N) is 3. The summed E-state index contributed by atoms with van der Waals surface area (Å²) >= 11 is 0. The number of carbonyl (C=O) groups is 4. The van der Waals surface area contributed by atoms with Gasteiger partial charge in [0.1, 0.15) is 17.5 Å². The van der Waals surface area contributed by atoms with Crippen LogP contribution in [0.15, 0.2) is 30.9 Å². The summed E-state index contributed by atoms with van der Waals surface area (Å²) in [5.74, 6) is -2.42. The smallest absolute Gasteiger partial charge is 0.428 e. The van der Waals surface area contributed by atoms with E-state index in [1.165, 1.54) is 21.9 Å². The van der Waals surface area contributed by atoms with E-state index in [1.807, 2.05) is 32.6 Å². The molecule has 12 nitrogen and oxygen atoms in total. The van der Waals surface area contributed by atoms with Gasteiger partial charge in [-0.1, -0.05) is 32.1 Å². The normalized spacial score (nSPS) is 25.2. The number of hydroxylamine groups is 1. The van der Waals surface area contributed by atoms with E-state index in [2.05, 4.69) is 17.4 Å². The Balaban J connectivity index is 1.47. The van der Waals surface area contributed by atoms with Gasteiger partial charge in [-0.15, -0.1) is 12.1 Å². The number of halogens is 1. The maximum Gasteiger partial charge on any atom is 0.428 e. The Bertz CT molecular complexity index is 1240. The Hall–Kier alpha value is -3.71. The van der Waals surface area contributed by atoms with Gasteiger partial charge in [0.05, 0.1) is 18.6 Å². The Morgan fingerprint density at radius 1 is 1.23 bits per heavy atom. The van der Waals surface area contributed by atoms with Gasteiger partial charge in [-0.25, -0.2) is 18.8 Å². The number of likely N-dealkylation sites (tertiary alicyclic amines) is 1. The number of hydrogen-bond donors (Lipinski definition) is 3. The largest absolute Gasteiger partial charge is 0.479 e. The van der Waals surface area contributed by atoms with Gasteiger partial charge in [0.2, 0.25) is 5.91 Å². The van der Waals surface area contributed by atoms with Crippen molar-refractivity contribution < 1.29 is 38.2 Å². The molecule has 1 aromatic carbocycles. The van der Waals surface area contributed by atoms with Crippen LogP contribution in [-0.2, 0) is 32.3 Å². The highest BCUT2D eigenvalue weighted by Gasteiger charge is 2.61. The van der Waals surface area contributed by atoms with Crippen molar-refractivity contribution in [3.05, 3.63) is 47.8 Å². The van der Waals surface area contributed by atoms with Gasteiger partial charge in [0.15, 0.2) is 0 Å². The minimum absolute atomic E-state index is 0.0215. The van der Waals surface area contributed by atoms with E-state index >= 15 is 0 Å². The molecular weight excluding hydrogens is 561 g/mol. The summed E-state index contributed by atoms with van der Waals surface area (Å²) in [6.07, 6.45) is 0.0685. The van der Waals surface area contributed by atoms with Crippen molar-refractivity contribution in [1.82, 2.24) is 25.5 Å². The van der Waals surface area contributed by atoms with E-state index in [9.17, 15) is 28.7 Å². The summed E-state index contributed by atoms with van der Waals surface area (Å²) in [5, 5.41) is 12.5. The molecule has 4 rings (SSSR count). The number of rotatable bonds is 12. The lowest BCUT2D eigenvalue weighted by atomic mass is 10.0. The first-order valence-electron chi connectivity index (χ1n) is 14.8. The van der Waals surface area contributed by atoms with Crippen LogP contribution in [0.25, 0.3) is 0 Å². The molecule has 0 aromatic heterocycles. The molecule has 1 saturated heterocycles. The predicted molar refractivity (Wildman–Crippen MR) is 154 cm³/mol. The summed E-state index contributed by atoms with van der Waals surface area (Å²) in [6.45, 7) is 13.0. The quantitative estimate of drug-likeness (QED) is 0.243. The second-order valence-electron chi connectivity index (χ2n) is 11.8. The zero-order valence-corrected chi connectivity index (χ0v) is 25.2. The van der Waals surface area contributed by atoms with Crippen LogP contribution in [0, 0.1) is 17.7 Å². The molecule has 2 heterocycles. The van der Waals surface area contributed by atoms with Gasteiger partial charge < -0.3 is 24.9 Å². The second-order valence-corrected chi connectivity index (χ2v) is 11.8. The third-order valence-corrected chi connectivity index (χ3v) is 8.70.